The average molecular weight is 376 g/mol. The maximum Gasteiger partial charge on any atom is 0.272 e. The lowest BCUT2D eigenvalue weighted by atomic mass is 9.84. The summed E-state index contributed by atoms with van der Waals surface area (Å²) in [4.78, 5) is 14.8. The van der Waals surface area contributed by atoms with Crippen LogP contribution in [-0.4, -0.2) is 38.8 Å². The van der Waals surface area contributed by atoms with E-state index in [9.17, 15) is 9.90 Å². The van der Waals surface area contributed by atoms with Gasteiger partial charge in [0.2, 0.25) is 0 Å². The molecule has 0 aliphatic carbocycles. The highest BCUT2D eigenvalue weighted by Gasteiger charge is 2.37. The zero-order chi connectivity index (χ0) is 18.9. The van der Waals surface area contributed by atoms with Gasteiger partial charge in [0.05, 0.1) is 11.3 Å². The van der Waals surface area contributed by atoms with Gasteiger partial charge in [-0.1, -0.05) is 43.6 Å². The first kappa shape index (κ1) is 18.9. The van der Waals surface area contributed by atoms with Crippen LogP contribution in [0, 0.1) is 0 Å². The highest BCUT2D eigenvalue weighted by molar-refractivity contribution is 6.31. The monoisotopic (exact) mass is 375 g/mol. The summed E-state index contributed by atoms with van der Waals surface area (Å²) in [5.41, 5.74) is 1.32. The molecule has 0 radical (unpaired) electrons. The van der Waals surface area contributed by atoms with E-state index < -0.39 is 5.60 Å². The van der Waals surface area contributed by atoms with Crippen LogP contribution in [0.1, 0.15) is 61.3 Å². The molecule has 1 aliphatic rings. The number of hydrogen-bond acceptors (Lipinski definition) is 3. The minimum absolute atomic E-state index is 0.0209. The van der Waals surface area contributed by atoms with Crippen LogP contribution < -0.4 is 0 Å². The molecule has 0 unspecified atom stereocenters. The summed E-state index contributed by atoms with van der Waals surface area (Å²) in [5.74, 6) is 0.258. The van der Waals surface area contributed by atoms with E-state index >= 15 is 0 Å². The van der Waals surface area contributed by atoms with Crippen molar-refractivity contribution >= 4 is 17.5 Å². The van der Waals surface area contributed by atoms with Crippen molar-refractivity contribution in [1.29, 1.82) is 0 Å². The Bertz CT molecular complexity index is 792. The molecule has 0 bridgehead atoms. The van der Waals surface area contributed by atoms with Crippen LogP contribution >= 0.6 is 11.6 Å². The summed E-state index contributed by atoms with van der Waals surface area (Å²) < 4.78 is 1.77. The predicted octanol–water partition coefficient (Wildman–Crippen LogP) is 3.80. The van der Waals surface area contributed by atoms with Crippen LogP contribution in [0.2, 0.25) is 5.02 Å². The highest BCUT2D eigenvalue weighted by atomic mass is 35.5. The molecule has 2 heterocycles. The van der Waals surface area contributed by atoms with E-state index in [-0.39, 0.29) is 11.8 Å². The van der Waals surface area contributed by atoms with Crippen LogP contribution in [0.5, 0.6) is 0 Å². The molecule has 1 aromatic heterocycles. The van der Waals surface area contributed by atoms with Crippen LogP contribution in [0.15, 0.2) is 30.3 Å². The Kier molecular flexibility index (Phi) is 5.39. The average Bonchev–Trinajstić information content (AvgIpc) is 3.07. The second kappa shape index (κ2) is 7.41. The molecule has 0 saturated carbocycles. The lowest BCUT2D eigenvalue weighted by Crippen LogP contribution is -2.45. The molecule has 1 amide bonds. The fourth-order valence-corrected chi connectivity index (χ4v) is 3.79. The minimum atomic E-state index is -0.983. The van der Waals surface area contributed by atoms with E-state index in [1.807, 2.05) is 31.2 Å². The van der Waals surface area contributed by atoms with Gasteiger partial charge in [0.1, 0.15) is 5.69 Å². The molecule has 1 aromatic carbocycles. The molecular formula is C20H26ClN3O2. The first-order valence-electron chi connectivity index (χ1n) is 9.20. The van der Waals surface area contributed by atoms with Gasteiger partial charge in [-0.2, -0.15) is 5.10 Å². The first-order chi connectivity index (χ1) is 12.4. The third-order valence-electron chi connectivity index (χ3n) is 5.16. The van der Waals surface area contributed by atoms with E-state index in [0.717, 1.165) is 11.3 Å². The number of carbonyl (C=O) groups excluding carboxylic acids is 1. The molecule has 3 rings (SSSR count). The van der Waals surface area contributed by atoms with Crippen molar-refractivity contribution in [2.75, 3.05) is 13.1 Å². The van der Waals surface area contributed by atoms with Crippen LogP contribution in [0.3, 0.4) is 0 Å². The molecule has 0 atom stereocenters. The van der Waals surface area contributed by atoms with E-state index in [0.29, 0.717) is 43.2 Å². The second-order valence-corrected chi connectivity index (χ2v) is 7.64. The van der Waals surface area contributed by atoms with Gasteiger partial charge >= 0.3 is 0 Å². The lowest BCUT2D eigenvalue weighted by Gasteiger charge is -2.38. The van der Waals surface area contributed by atoms with E-state index in [2.05, 4.69) is 18.9 Å². The summed E-state index contributed by atoms with van der Waals surface area (Å²) in [6.07, 6.45) is 0.944. The molecule has 1 N–H and O–H groups in total. The van der Waals surface area contributed by atoms with E-state index in [4.69, 9.17) is 11.6 Å². The molecule has 140 valence electrons. The number of likely N-dealkylation sites (tertiary alicyclic amines) is 1. The van der Waals surface area contributed by atoms with Crippen molar-refractivity contribution in [3.63, 3.8) is 0 Å². The molecule has 1 saturated heterocycles. The largest absolute Gasteiger partial charge is 0.385 e. The van der Waals surface area contributed by atoms with Gasteiger partial charge in [0, 0.05) is 30.2 Å². The third kappa shape index (κ3) is 3.51. The number of aliphatic hydroxyl groups is 1. The number of nitrogens with zero attached hydrogens (tertiary/aromatic N) is 3. The van der Waals surface area contributed by atoms with Crippen molar-refractivity contribution < 1.29 is 9.90 Å². The summed E-state index contributed by atoms with van der Waals surface area (Å²) in [7, 11) is 0. The first-order valence-corrected chi connectivity index (χ1v) is 9.58. The lowest BCUT2D eigenvalue weighted by molar-refractivity contribution is -0.0213. The molecule has 1 fully saturated rings. The maximum absolute atomic E-state index is 13.0. The summed E-state index contributed by atoms with van der Waals surface area (Å²) in [6.45, 7) is 7.77. The Morgan fingerprint density at radius 3 is 2.54 bits per heavy atom. The van der Waals surface area contributed by atoms with Gasteiger partial charge in [0.25, 0.3) is 5.91 Å². The number of aryl methyl sites for hydroxylation is 1. The SMILES string of the molecule is CCn1nc(C(C)C)cc1C(=O)N1CCC(O)(c2ccccc2Cl)CC1. The minimum Gasteiger partial charge on any atom is -0.385 e. The van der Waals surface area contributed by atoms with Crippen molar-refractivity contribution in [3.05, 3.63) is 52.3 Å². The van der Waals surface area contributed by atoms with Crippen molar-refractivity contribution in [3.8, 4) is 0 Å². The zero-order valence-corrected chi connectivity index (χ0v) is 16.3. The van der Waals surface area contributed by atoms with Gasteiger partial charge < -0.3 is 10.0 Å². The summed E-state index contributed by atoms with van der Waals surface area (Å²) in [5, 5.41) is 16.1. The molecule has 6 heteroatoms. The van der Waals surface area contributed by atoms with Gasteiger partial charge in [-0.15, -0.1) is 0 Å². The number of aromatic nitrogens is 2. The highest BCUT2D eigenvalue weighted by Crippen LogP contribution is 2.37. The Morgan fingerprint density at radius 2 is 1.96 bits per heavy atom. The van der Waals surface area contributed by atoms with Crippen LogP contribution in [0.25, 0.3) is 0 Å². The molecule has 5 nitrogen and oxygen atoms in total. The smallest absolute Gasteiger partial charge is 0.272 e. The standard InChI is InChI=1S/C20H26ClN3O2/c1-4-24-18(13-17(22-24)14(2)3)19(25)23-11-9-20(26,10-12-23)15-7-5-6-8-16(15)21/h5-8,13-14,26H,4,9-12H2,1-3H3. The quantitative estimate of drug-likeness (QED) is 0.884. The second-order valence-electron chi connectivity index (χ2n) is 7.23. The number of piperidine rings is 1. The number of halogens is 1. The van der Waals surface area contributed by atoms with Gasteiger partial charge in [-0.25, -0.2) is 0 Å². The number of carbonyl (C=O) groups is 1. The maximum atomic E-state index is 13.0. The molecule has 26 heavy (non-hydrogen) atoms. The topological polar surface area (TPSA) is 58.4 Å². The Hall–Kier alpha value is -1.85. The van der Waals surface area contributed by atoms with Crippen LogP contribution in [-0.2, 0) is 12.1 Å². The number of amides is 1. The molecular weight excluding hydrogens is 350 g/mol. The van der Waals surface area contributed by atoms with Crippen molar-refractivity contribution in [2.45, 2.75) is 51.7 Å². The van der Waals surface area contributed by atoms with Gasteiger partial charge in [-0.3, -0.25) is 9.48 Å². The Morgan fingerprint density at radius 1 is 1.31 bits per heavy atom. The van der Waals surface area contributed by atoms with Crippen LogP contribution in [0.4, 0.5) is 0 Å². The number of benzene rings is 1. The fraction of sp³-hybridized carbons (Fsp3) is 0.500. The van der Waals surface area contributed by atoms with Crippen molar-refractivity contribution in [1.82, 2.24) is 14.7 Å². The number of rotatable bonds is 4. The number of hydrogen-bond donors (Lipinski definition) is 1. The van der Waals surface area contributed by atoms with E-state index in [1.54, 1.807) is 15.6 Å². The van der Waals surface area contributed by atoms with Gasteiger partial charge in [0.15, 0.2) is 0 Å². The molecule has 0 spiro atoms. The fourth-order valence-electron chi connectivity index (χ4n) is 3.48. The van der Waals surface area contributed by atoms with Gasteiger partial charge in [-0.05, 0) is 37.8 Å². The Labute approximate surface area is 159 Å². The summed E-state index contributed by atoms with van der Waals surface area (Å²) in [6, 6.07) is 9.28. The third-order valence-corrected chi connectivity index (χ3v) is 5.49. The molecule has 1 aliphatic heterocycles. The predicted molar refractivity (Wildman–Crippen MR) is 102 cm³/mol. The normalized spacial score (nSPS) is 16.9. The zero-order valence-electron chi connectivity index (χ0n) is 15.6. The molecule has 2 aromatic rings. The summed E-state index contributed by atoms with van der Waals surface area (Å²) >= 11 is 6.26. The van der Waals surface area contributed by atoms with Crippen molar-refractivity contribution in [2.24, 2.45) is 0 Å². The Balaban J connectivity index is 1.76. The van der Waals surface area contributed by atoms with E-state index in [1.165, 1.54) is 0 Å².